The topological polar surface area (TPSA) is 86.5 Å². The third-order valence-corrected chi connectivity index (χ3v) is 2.33. The van der Waals surface area contributed by atoms with E-state index in [9.17, 15) is 0 Å². The van der Waals surface area contributed by atoms with Gasteiger partial charge in [-0.15, -0.1) is 12.4 Å². The molecule has 0 fully saturated rings. The van der Waals surface area contributed by atoms with Gasteiger partial charge in [0.05, 0.1) is 18.2 Å². The predicted molar refractivity (Wildman–Crippen MR) is 64.0 cm³/mol. The lowest BCUT2D eigenvalue weighted by molar-refractivity contribution is 1.09. The minimum Gasteiger partial charge on any atom is -0.379 e. The molecule has 15 heavy (non-hydrogen) atoms. The molecule has 0 amide bonds. The molecule has 0 aliphatic carbocycles. The van der Waals surface area contributed by atoms with E-state index >= 15 is 0 Å². The monoisotopic (exact) mass is 242 g/mol. The zero-order valence-electron chi connectivity index (χ0n) is 7.93. The third kappa shape index (κ3) is 5.25. The van der Waals surface area contributed by atoms with E-state index in [0.717, 1.165) is 11.3 Å². The first kappa shape index (κ1) is 13.8. The average Bonchev–Trinajstić information content (AvgIpc) is 2.17. The van der Waals surface area contributed by atoms with Gasteiger partial charge in [-0.25, -0.2) is 0 Å². The van der Waals surface area contributed by atoms with Crippen molar-refractivity contribution in [3.8, 4) is 6.07 Å². The van der Waals surface area contributed by atoms with Crippen molar-refractivity contribution >= 4 is 29.3 Å². The Morgan fingerprint density at radius 2 is 2.33 bits per heavy atom. The quantitative estimate of drug-likeness (QED) is 0.624. The van der Waals surface area contributed by atoms with Crippen molar-refractivity contribution in [1.82, 2.24) is 4.98 Å². The fourth-order valence-corrected chi connectivity index (χ4v) is 1.38. The first-order valence-corrected chi connectivity index (χ1v) is 4.98. The van der Waals surface area contributed by atoms with Gasteiger partial charge >= 0.3 is 0 Å². The zero-order chi connectivity index (χ0) is 10.4. The normalized spacial score (nSPS) is 8.73. The highest BCUT2D eigenvalue weighted by molar-refractivity contribution is 8.13. The molecule has 0 spiro atoms. The van der Waals surface area contributed by atoms with Gasteiger partial charge in [0.1, 0.15) is 0 Å². The number of pyridine rings is 1. The van der Waals surface area contributed by atoms with Gasteiger partial charge in [-0.2, -0.15) is 5.26 Å². The van der Waals surface area contributed by atoms with Crippen molar-refractivity contribution in [3.05, 3.63) is 29.6 Å². The average molecular weight is 243 g/mol. The summed E-state index contributed by atoms with van der Waals surface area (Å²) in [7, 11) is 0. The Labute approximate surface area is 98.8 Å². The first-order chi connectivity index (χ1) is 6.72. The van der Waals surface area contributed by atoms with E-state index in [-0.39, 0.29) is 17.6 Å². The number of halogens is 1. The molecular formula is C9H11ClN4S. The number of nitrogens with two attached hydrogens (primary N) is 1. The third-order valence-electron chi connectivity index (χ3n) is 1.54. The van der Waals surface area contributed by atoms with Crippen molar-refractivity contribution in [2.24, 2.45) is 5.73 Å². The second-order valence-electron chi connectivity index (χ2n) is 2.65. The van der Waals surface area contributed by atoms with Crippen molar-refractivity contribution < 1.29 is 0 Å². The summed E-state index contributed by atoms with van der Waals surface area (Å²) in [5.74, 6) is 0.648. The molecule has 1 heterocycles. The Hall–Kier alpha value is -1.25. The van der Waals surface area contributed by atoms with Crippen LogP contribution in [0.1, 0.15) is 11.3 Å². The number of nitriles is 1. The van der Waals surface area contributed by atoms with E-state index in [1.807, 2.05) is 18.2 Å². The number of hydrogen-bond acceptors (Lipinski definition) is 4. The molecule has 0 aliphatic heterocycles. The highest BCUT2D eigenvalue weighted by Crippen LogP contribution is 2.10. The van der Waals surface area contributed by atoms with Gasteiger partial charge in [0, 0.05) is 11.9 Å². The van der Waals surface area contributed by atoms with Crippen LogP contribution >= 0.6 is 24.2 Å². The zero-order valence-corrected chi connectivity index (χ0v) is 9.57. The van der Waals surface area contributed by atoms with E-state index in [2.05, 4.69) is 4.98 Å². The van der Waals surface area contributed by atoms with Crippen LogP contribution in [-0.2, 0) is 12.2 Å². The first-order valence-electron chi connectivity index (χ1n) is 4.00. The predicted octanol–water partition coefficient (Wildman–Crippen LogP) is 1.70. The summed E-state index contributed by atoms with van der Waals surface area (Å²) in [6.45, 7) is 0. The molecule has 0 bridgehead atoms. The second kappa shape index (κ2) is 7.10. The van der Waals surface area contributed by atoms with Crippen molar-refractivity contribution in [2.75, 3.05) is 0 Å². The summed E-state index contributed by atoms with van der Waals surface area (Å²) in [5.41, 5.74) is 6.97. The van der Waals surface area contributed by atoms with Crippen LogP contribution in [0.4, 0.5) is 0 Å². The minimum absolute atomic E-state index is 0. The maximum absolute atomic E-state index is 8.43. The van der Waals surface area contributed by atoms with Crippen LogP contribution in [0.2, 0.25) is 0 Å². The Kier molecular flexibility index (Phi) is 6.50. The number of aromatic nitrogens is 1. The molecule has 3 N–H and O–H groups in total. The smallest absolute Gasteiger partial charge is 0.151 e. The molecule has 0 atom stereocenters. The minimum atomic E-state index is 0. The lowest BCUT2D eigenvalue weighted by Crippen LogP contribution is -2.03. The largest absolute Gasteiger partial charge is 0.379 e. The van der Waals surface area contributed by atoms with Gasteiger partial charge in [-0.3, -0.25) is 10.4 Å². The second-order valence-corrected chi connectivity index (χ2v) is 3.66. The van der Waals surface area contributed by atoms with Crippen LogP contribution in [0.5, 0.6) is 0 Å². The Morgan fingerprint density at radius 3 is 2.80 bits per heavy atom. The fourth-order valence-electron chi connectivity index (χ4n) is 0.887. The van der Waals surface area contributed by atoms with Crippen LogP contribution in [0, 0.1) is 16.7 Å². The lowest BCUT2D eigenvalue weighted by Gasteiger charge is -1.99. The molecule has 0 radical (unpaired) electrons. The molecule has 6 heteroatoms. The molecule has 4 nitrogen and oxygen atoms in total. The van der Waals surface area contributed by atoms with Gasteiger partial charge in [0.25, 0.3) is 0 Å². The summed E-state index contributed by atoms with van der Waals surface area (Å²) in [6, 6.07) is 5.75. The summed E-state index contributed by atoms with van der Waals surface area (Å²) in [6.07, 6.45) is 2.04. The summed E-state index contributed by atoms with van der Waals surface area (Å²) in [4.78, 5) is 4.10. The maximum atomic E-state index is 8.43. The molecular weight excluding hydrogens is 232 g/mol. The molecule has 0 unspecified atom stereocenters. The Balaban J connectivity index is 0.00000196. The fraction of sp³-hybridized carbons (Fsp3) is 0.222. The van der Waals surface area contributed by atoms with E-state index in [1.165, 1.54) is 11.8 Å². The standard InChI is InChI=1S/C9H10N4S.ClH/c10-4-3-8-2-1-7(5-13-8)6-14-9(11)12;/h1-2,5H,3,6H2,(H3,11,12);1H. The molecule has 0 aromatic carbocycles. The van der Waals surface area contributed by atoms with Crippen LogP contribution < -0.4 is 5.73 Å². The number of nitrogens with zero attached hydrogens (tertiary/aromatic N) is 2. The highest BCUT2D eigenvalue weighted by Gasteiger charge is 1.97. The number of thioether (sulfide) groups is 1. The molecule has 0 aliphatic rings. The van der Waals surface area contributed by atoms with E-state index in [4.69, 9.17) is 16.4 Å². The molecule has 1 rings (SSSR count). The molecule has 1 aromatic heterocycles. The van der Waals surface area contributed by atoms with Crippen LogP contribution in [0.15, 0.2) is 18.3 Å². The van der Waals surface area contributed by atoms with Crippen molar-refractivity contribution in [2.45, 2.75) is 12.2 Å². The Morgan fingerprint density at radius 1 is 1.60 bits per heavy atom. The van der Waals surface area contributed by atoms with Crippen LogP contribution in [0.3, 0.4) is 0 Å². The molecule has 0 saturated carbocycles. The summed E-state index contributed by atoms with van der Waals surface area (Å²) < 4.78 is 0. The Bertz CT molecular complexity index is 357. The number of hydrogen-bond donors (Lipinski definition) is 2. The van der Waals surface area contributed by atoms with Gasteiger partial charge < -0.3 is 5.73 Å². The van der Waals surface area contributed by atoms with E-state index < -0.39 is 0 Å². The van der Waals surface area contributed by atoms with Crippen molar-refractivity contribution in [3.63, 3.8) is 0 Å². The number of nitrogens with one attached hydrogen (secondary N) is 1. The lowest BCUT2D eigenvalue weighted by atomic mass is 10.2. The number of amidine groups is 1. The van der Waals surface area contributed by atoms with Crippen molar-refractivity contribution in [1.29, 1.82) is 10.7 Å². The van der Waals surface area contributed by atoms with E-state index in [0.29, 0.717) is 12.2 Å². The van der Waals surface area contributed by atoms with Crippen LogP contribution in [0.25, 0.3) is 0 Å². The summed E-state index contributed by atoms with van der Waals surface area (Å²) >= 11 is 1.26. The van der Waals surface area contributed by atoms with Gasteiger partial charge in [-0.1, -0.05) is 17.8 Å². The van der Waals surface area contributed by atoms with Gasteiger partial charge in [0.2, 0.25) is 0 Å². The molecule has 1 aromatic rings. The van der Waals surface area contributed by atoms with Crippen LogP contribution in [-0.4, -0.2) is 10.2 Å². The van der Waals surface area contributed by atoms with Gasteiger partial charge in [0.15, 0.2) is 5.17 Å². The maximum Gasteiger partial charge on any atom is 0.151 e. The summed E-state index contributed by atoms with van der Waals surface area (Å²) in [5, 5.41) is 15.6. The molecule has 80 valence electrons. The van der Waals surface area contributed by atoms with E-state index in [1.54, 1.807) is 6.20 Å². The molecule has 0 saturated heterocycles. The highest BCUT2D eigenvalue weighted by atomic mass is 35.5. The SMILES string of the molecule is Cl.N#CCc1ccc(CSC(=N)N)cn1. The van der Waals surface area contributed by atoms with Gasteiger partial charge in [-0.05, 0) is 11.6 Å². The number of rotatable bonds is 3.